The fraction of sp³-hybridized carbons (Fsp3) is 0.444. The fourth-order valence-electron chi connectivity index (χ4n) is 1.10. The Morgan fingerprint density at radius 1 is 1.54 bits per heavy atom. The molecule has 4 heteroatoms. The van der Waals surface area contributed by atoms with E-state index in [1.54, 1.807) is 13.2 Å². The van der Waals surface area contributed by atoms with Crippen molar-refractivity contribution in [2.45, 2.75) is 19.9 Å². The first-order valence-corrected chi connectivity index (χ1v) is 4.29. The summed E-state index contributed by atoms with van der Waals surface area (Å²) < 4.78 is 0. The van der Waals surface area contributed by atoms with E-state index in [9.17, 15) is 5.21 Å². The first-order chi connectivity index (χ1) is 6.15. The number of hydroxylamine groups is 1. The molecule has 1 heterocycles. The third kappa shape index (κ3) is 2.48. The molecule has 0 radical (unpaired) electrons. The molecule has 2 N–H and O–H groups in total. The van der Waals surface area contributed by atoms with Crippen molar-refractivity contribution in [1.82, 2.24) is 10.4 Å². The Morgan fingerprint density at radius 3 is 2.69 bits per heavy atom. The molecule has 2 unspecified atom stereocenters. The highest BCUT2D eigenvalue weighted by atomic mass is 16.5. The normalized spacial score (nSPS) is 15.4. The maximum Gasteiger partial charge on any atom is 0.129 e. The zero-order valence-electron chi connectivity index (χ0n) is 8.16. The first kappa shape index (κ1) is 10.1. The van der Waals surface area contributed by atoms with Crippen LogP contribution >= 0.6 is 0 Å². The van der Waals surface area contributed by atoms with Gasteiger partial charge in [-0.15, -0.1) is 0 Å². The Morgan fingerprint density at radius 2 is 2.23 bits per heavy atom. The summed E-state index contributed by atoms with van der Waals surface area (Å²) in [6.07, 6.45) is 1.75. The van der Waals surface area contributed by atoms with Gasteiger partial charge < -0.3 is 5.21 Å². The van der Waals surface area contributed by atoms with E-state index in [1.807, 2.05) is 26.0 Å². The average molecular weight is 181 g/mol. The monoisotopic (exact) mass is 181 g/mol. The molecule has 72 valence electrons. The number of quaternary nitrogens is 1. The topological polar surface area (TPSA) is 52.4 Å². The number of rotatable bonds is 3. The summed E-state index contributed by atoms with van der Waals surface area (Å²) in [4.78, 5) is 4.14. The van der Waals surface area contributed by atoms with Gasteiger partial charge in [0.1, 0.15) is 6.04 Å². The Hall–Kier alpha value is -0.970. The van der Waals surface area contributed by atoms with E-state index in [4.69, 9.17) is 0 Å². The third-order valence-corrected chi connectivity index (χ3v) is 2.07. The lowest BCUT2D eigenvalue weighted by Crippen LogP contribution is -3.13. The van der Waals surface area contributed by atoms with Crippen molar-refractivity contribution in [2.24, 2.45) is 0 Å². The highest BCUT2D eigenvalue weighted by Gasteiger charge is 2.10. The van der Waals surface area contributed by atoms with Crippen LogP contribution in [0.5, 0.6) is 0 Å². The minimum Gasteiger partial charge on any atom is -0.613 e. The smallest absolute Gasteiger partial charge is 0.129 e. The number of nitrogens with zero attached hydrogens (tertiary/aromatic N) is 1. The van der Waals surface area contributed by atoms with E-state index in [1.165, 1.54) is 0 Å². The van der Waals surface area contributed by atoms with E-state index < -0.39 is 0 Å². The second-order valence-electron chi connectivity index (χ2n) is 3.07. The predicted octanol–water partition coefficient (Wildman–Crippen LogP) is -0.0319. The van der Waals surface area contributed by atoms with Crippen LogP contribution in [0.15, 0.2) is 18.3 Å². The van der Waals surface area contributed by atoms with Crippen molar-refractivity contribution in [3.63, 3.8) is 0 Å². The molecule has 0 aliphatic heterocycles. The van der Waals surface area contributed by atoms with Gasteiger partial charge in [0.25, 0.3) is 0 Å². The van der Waals surface area contributed by atoms with E-state index in [0.29, 0.717) is 0 Å². The first-order valence-electron chi connectivity index (χ1n) is 4.29. The summed E-state index contributed by atoms with van der Waals surface area (Å²) >= 11 is 0. The molecule has 0 aliphatic rings. The van der Waals surface area contributed by atoms with Crippen molar-refractivity contribution in [3.8, 4) is 0 Å². The molecule has 0 aliphatic carbocycles. The molecular weight excluding hydrogens is 166 g/mol. The second-order valence-corrected chi connectivity index (χ2v) is 3.07. The molecule has 0 spiro atoms. The molecule has 4 nitrogen and oxygen atoms in total. The molecule has 0 fully saturated rings. The highest BCUT2D eigenvalue weighted by molar-refractivity contribution is 5.14. The number of aryl methyl sites for hydroxylation is 1. The Bertz CT molecular complexity index is 260. The Kier molecular flexibility index (Phi) is 3.36. The zero-order chi connectivity index (χ0) is 9.84. The lowest BCUT2D eigenvalue weighted by Gasteiger charge is -2.26. The number of aromatic nitrogens is 1. The van der Waals surface area contributed by atoms with E-state index >= 15 is 0 Å². The van der Waals surface area contributed by atoms with Crippen molar-refractivity contribution >= 4 is 0 Å². The van der Waals surface area contributed by atoms with Gasteiger partial charge in [-0.25, -0.2) is 0 Å². The Balaban J connectivity index is 2.77. The molecule has 0 bridgehead atoms. The maximum atomic E-state index is 11.3. The second kappa shape index (κ2) is 4.32. The van der Waals surface area contributed by atoms with Gasteiger partial charge in [0.2, 0.25) is 0 Å². The van der Waals surface area contributed by atoms with Gasteiger partial charge in [0, 0.05) is 24.5 Å². The molecule has 0 amide bonds. The van der Waals surface area contributed by atoms with Crippen LogP contribution in [0, 0.1) is 12.1 Å². The molecule has 0 saturated carbocycles. The minimum atomic E-state index is -0.127. The van der Waals surface area contributed by atoms with Crippen LogP contribution < -0.4 is 10.6 Å². The maximum absolute atomic E-state index is 11.3. The SMILES string of the molecule is CN[NH+]([O-])C(C)c1ccc(C)nc1. The number of pyridine rings is 1. The number of hydrogen-bond acceptors (Lipinski definition) is 3. The fourth-order valence-corrected chi connectivity index (χ4v) is 1.10. The van der Waals surface area contributed by atoms with Crippen LogP contribution in [0.4, 0.5) is 0 Å². The van der Waals surface area contributed by atoms with Crippen LogP contribution in [-0.4, -0.2) is 12.0 Å². The lowest BCUT2D eigenvalue weighted by molar-refractivity contribution is -0.923. The summed E-state index contributed by atoms with van der Waals surface area (Å²) in [5.74, 6) is 0. The van der Waals surface area contributed by atoms with Gasteiger partial charge in [-0.2, -0.15) is 5.43 Å². The van der Waals surface area contributed by atoms with Crippen LogP contribution in [0.1, 0.15) is 24.2 Å². The molecule has 13 heavy (non-hydrogen) atoms. The largest absolute Gasteiger partial charge is 0.613 e. The minimum absolute atomic E-state index is 0.0191. The van der Waals surface area contributed by atoms with Crippen molar-refractivity contribution in [2.75, 3.05) is 7.05 Å². The summed E-state index contributed by atoms with van der Waals surface area (Å²) in [6, 6.07) is 3.72. The van der Waals surface area contributed by atoms with Gasteiger partial charge in [0.05, 0.1) is 0 Å². The number of hydrogen-bond donors (Lipinski definition) is 2. The predicted molar refractivity (Wildman–Crippen MR) is 50.8 cm³/mol. The van der Waals surface area contributed by atoms with E-state index in [-0.39, 0.29) is 11.2 Å². The number of nitrogens with one attached hydrogen (secondary N) is 2. The molecule has 0 saturated heterocycles. The van der Waals surface area contributed by atoms with E-state index in [2.05, 4.69) is 10.4 Å². The standard InChI is InChI=1S/C9H15N3O/c1-7-4-5-9(6-11-7)8(2)12(13)10-3/h4-6,8,10,12H,1-3H3. The summed E-state index contributed by atoms with van der Waals surface area (Å²) in [5, 5.41) is 11.3. The van der Waals surface area contributed by atoms with Crippen molar-refractivity contribution in [1.29, 1.82) is 0 Å². The average Bonchev–Trinajstić information content (AvgIpc) is 2.17. The highest BCUT2D eigenvalue weighted by Crippen LogP contribution is 2.06. The summed E-state index contributed by atoms with van der Waals surface area (Å²) in [5.41, 5.74) is 4.53. The van der Waals surface area contributed by atoms with Crippen molar-refractivity contribution in [3.05, 3.63) is 34.8 Å². The van der Waals surface area contributed by atoms with Crippen LogP contribution in [-0.2, 0) is 0 Å². The quantitative estimate of drug-likeness (QED) is 0.644. The van der Waals surface area contributed by atoms with Crippen molar-refractivity contribution < 1.29 is 5.17 Å². The Labute approximate surface area is 78.1 Å². The molecule has 1 aromatic rings. The van der Waals surface area contributed by atoms with Crippen LogP contribution in [0.25, 0.3) is 0 Å². The molecular formula is C9H15N3O. The van der Waals surface area contributed by atoms with Gasteiger partial charge in [0.15, 0.2) is 0 Å². The molecule has 1 aromatic heterocycles. The van der Waals surface area contributed by atoms with Gasteiger partial charge in [-0.05, 0) is 26.0 Å². The van der Waals surface area contributed by atoms with Gasteiger partial charge in [-0.3, -0.25) is 10.2 Å². The summed E-state index contributed by atoms with van der Waals surface area (Å²) in [6.45, 7) is 3.79. The third-order valence-electron chi connectivity index (χ3n) is 2.07. The van der Waals surface area contributed by atoms with Crippen LogP contribution in [0.2, 0.25) is 0 Å². The van der Waals surface area contributed by atoms with E-state index in [0.717, 1.165) is 11.3 Å². The van der Waals surface area contributed by atoms with Crippen LogP contribution in [0.3, 0.4) is 0 Å². The zero-order valence-corrected chi connectivity index (χ0v) is 8.16. The molecule has 1 rings (SSSR count). The molecule has 0 aromatic carbocycles. The lowest BCUT2D eigenvalue weighted by atomic mass is 10.1. The van der Waals surface area contributed by atoms with Gasteiger partial charge in [-0.1, -0.05) is 0 Å². The molecule has 2 atom stereocenters. The summed E-state index contributed by atoms with van der Waals surface area (Å²) in [7, 11) is 1.64. The van der Waals surface area contributed by atoms with Gasteiger partial charge >= 0.3 is 0 Å².